The van der Waals surface area contributed by atoms with E-state index in [9.17, 15) is 4.79 Å². The van der Waals surface area contributed by atoms with Crippen LogP contribution in [-0.4, -0.2) is 75.2 Å². The van der Waals surface area contributed by atoms with Gasteiger partial charge in [-0.05, 0) is 38.8 Å². The van der Waals surface area contributed by atoms with Crippen LogP contribution in [-0.2, 0) is 9.53 Å². The second-order valence-corrected chi connectivity index (χ2v) is 5.94. The molecule has 1 amide bonds. The number of ether oxygens (including phenoxy) is 1. The molecule has 2 rings (SSSR count). The Hall–Kier alpha value is -0.650. The largest absolute Gasteiger partial charge is 0.381 e. The van der Waals surface area contributed by atoms with E-state index in [-0.39, 0.29) is 0 Å². The standard InChI is InChI=1S/C15H29N3O2/c1-16-6-2-3-15(19)18-9-7-17(8-10-18)13-14-4-11-20-12-5-14/h14,16H,2-13H2,1H3. The van der Waals surface area contributed by atoms with Crippen molar-refractivity contribution in [1.82, 2.24) is 15.1 Å². The number of rotatable bonds is 6. The molecule has 2 aliphatic rings. The lowest BCUT2D eigenvalue weighted by Crippen LogP contribution is -2.50. The smallest absolute Gasteiger partial charge is 0.222 e. The van der Waals surface area contributed by atoms with E-state index in [1.807, 2.05) is 11.9 Å². The minimum atomic E-state index is 0.325. The Morgan fingerprint density at radius 3 is 2.55 bits per heavy atom. The normalized spacial score (nSPS) is 22.1. The number of nitrogens with zero attached hydrogens (tertiary/aromatic N) is 2. The monoisotopic (exact) mass is 283 g/mol. The van der Waals surface area contributed by atoms with Crippen LogP contribution in [0.4, 0.5) is 0 Å². The molecule has 1 N–H and O–H groups in total. The van der Waals surface area contributed by atoms with E-state index in [0.717, 1.165) is 58.3 Å². The maximum absolute atomic E-state index is 12.0. The summed E-state index contributed by atoms with van der Waals surface area (Å²) < 4.78 is 5.41. The number of carbonyl (C=O) groups excluding carboxylic acids is 1. The van der Waals surface area contributed by atoms with Gasteiger partial charge in [0.15, 0.2) is 0 Å². The highest BCUT2D eigenvalue weighted by molar-refractivity contribution is 5.76. The maximum Gasteiger partial charge on any atom is 0.222 e. The third-order valence-corrected chi connectivity index (χ3v) is 4.40. The quantitative estimate of drug-likeness (QED) is 0.723. The molecule has 2 heterocycles. The minimum absolute atomic E-state index is 0.325. The Labute approximate surface area is 122 Å². The van der Waals surface area contributed by atoms with Crippen LogP contribution in [0, 0.1) is 5.92 Å². The van der Waals surface area contributed by atoms with Crippen LogP contribution in [0.5, 0.6) is 0 Å². The van der Waals surface area contributed by atoms with Gasteiger partial charge in [0.05, 0.1) is 0 Å². The number of amides is 1. The summed E-state index contributed by atoms with van der Waals surface area (Å²) in [6.07, 6.45) is 4.02. The molecule has 0 aliphatic carbocycles. The molecule has 0 aromatic carbocycles. The van der Waals surface area contributed by atoms with Gasteiger partial charge in [-0.15, -0.1) is 0 Å². The van der Waals surface area contributed by atoms with Crippen molar-refractivity contribution in [3.05, 3.63) is 0 Å². The minimum Gasteiger partial charge on any atom is -0.381 e. The molecule has 0 radical (unpaired) electrons. The summed E-state index contributed by atoms with van der Waals surface area (Å²) in [7, 11) is 1.93. The van der Waals surface area contributed by atoms with Crippen molar-refractivity contribution < 1.29 is 9.53 Å². The van der Waals surface area contributed by atoms with Crippen molar-refractivity contribution >= 4 is 5.91 Å². The molecule has 116 valence electrons. The second kappa shape index (κ2) is 8.60. The predicted octanol–water partition coefficient (Wildman–Crippen LogP) is 0.557. The molecule has 0 saturated carbocycles. The summed E-state index contributed by atoms with van der Waals surface area (Å²) in [6, 6.07) is 0. The highest BCUT2D eigenvalue weighted by Crippen LogP contribution is 2.17. The Kier molecular flexibility index (Phi) is 6.76. The molecule has 2 aliphatic heterocycles. The molecule has 20 heavy (non-hydrogen) atoms. The molecule has 2 fully saturated rings. The Bertz CT molecular complexity index is 285. The SMILES string of the molecule is CNCCCC(=O)N1CCN(CC2CCOCC2)CC1. The maximum atomic E-state index is 12.0. The van der Waals surface area contributed by atoms with Gasteiger partial charge in [0, 0.05) is 52.4 Å². The van der Waals surface area contributed by atoms with Crippen LogP contribution in [0.25, 0.3) is 0 Å². The van der Waals surface area contributed by atoms with E-state index in [2.05, 4.69) is 10.2 Å². The lowest BCUT2D eigenvalue weighted by molar-refractivity contribution is -0.133. The number of hydrogen-bond acceptors (Lipinski definition) is 4. The number of nitrogens with one attached hydrogen (secondary N) is 1. The summed E-state index contributed by atoms with van der Waals surface area (Å²) in [6.45, 7) is 7.84. The first-order valence-electron chi connectivity index (χ1n) is 8.02. The van der Waals surface area contributed by atoms with E-state index in [1.165, 1.54) is 19.4 Å². The van der Waals surface area contributed by atoms with Crippen LogP contribution < -0.4 is 5.32 Å². The Morgan fingerprint density at radius 2 is 1.90 bits per heavy atom. The van der Waals surface area contributed by atoms with Crippen LogP contribution in [0.1, 0.15) is 25.7 Å². The first-order chi connectivity index (χ1) is 9.79. The van der Waals surface area contributed by atoms with Gasteiger partial charge < -0.3 is 15.0 Å². The number of carbonyl (C=O) groups is 1. The molecule has 2 saturated heterocycles. The van der Waals surface area contributed by atoms with Crippen molar-refractivity contribution in [2.45, 2.75) is 25.7 Å². The van der Waals surface area contributed by atoms with Crippen molar-refractivity contribution in [3.63, 3.8) is 0 Å². The molecular formula is C15H29N3O2. The summed E-state index contributed by atoms with van der Waals surface area (Å²) in [5.41, 5.74) is 0. The Morgan fingerprint density at radius 1 is 1.20 bits per heavy atom. The molecule has 0 bridgehead atoms. The third-order valence-electron chi connectivity index (χ3n) is 4.40. The van der Waals surface area contributed by atoms with Crippen molar-refractivity contribution in [2.75, 3.05) is 59.5 Å². The van der Waals surface area contributed by atoms with Crippen LogP contribution >= 0.6 is 0 Å². The number of hydrogen-bond donors (Lipinski definition) is 1. The lowest BCUT2D eigenvalue weighted by atomic mass is 9.99. The van der Waals surface area contributed by atoms with Gasteiger partial charge in [-0.2, -0.15) is 0 Å². The zero-order chi connectivity index (χ0) is 14.2. The fourth-order valence-corrected chi connectivity index (χ4v) is 3.05. The number of piperazine rings is 1. The molecule has 0 atom stereocenters. The highest BCUT2D eigenvalue weighted by atomic mass is 16.5. The van der Waals surface area contributed by atoms with Crippen molar-refractivity contribution in [3.8, 4) is 0 Å². The van der Waals surface area contributed by atoms with Crippen LogP contribution in [0.2, 0.25) is 0 Å². The summed E-state index contributed by atoms with van der Waals surface area (Å²) in [5.74, 6) is 1.12. The topological polar surface area (TPSA) is 44.8 Å². The van der Waals surface area contributed by atoms with E-state index < -0.39 is 0 Å². The van der Waals surface area contributed by atoms with Gasteiger partial charge in [0.25, 0.3) is 0 Å². The van der Waals surface area contributed by atoms with Gasteiger partial charge in [0.2, 0.25) is 5.91 Å². The van der Waals surface area contributed by atoms with E-state index in [1.54, 1.807) is 0 Å². The van der Waals surface area contributed by atoms with E-state index >= 15 is 0 Å². The lowest BCUT2D eigenvalue weighted by Gasteiger charge is -2.37. The van der Waals surface area contributed by atoms with Crippen LogP contribution in [0.15, 0.2) is 0 Å². The van der Waals surface area contributed by atoms with E-state index in [4.69, 9.17) is 4.74 Å². The van der Waals surface area contributed by atoms with Gasteiger partial charge in [0.1, 0.15) is 0 Å². The molecular weight excluding hydrogens is 254 g/mol. The Balaban J connectivity index is 1.62. The fraction of sp³-hybridized carbons (Fsp3) is 0.933. The van der Waals surface area contributed by atoms with Crippen LogP contribution in [0.3, 0.4) is 0 Å². The highest BCUT2D eigenvalue weighted by Gasteiger charge is 2.23. The van der Waals surface area contributed by atoms with Crippen molar-refractivity contribution in [2.24, 2.45) is 5.92 Å². The zero-order valence-corrected chi connectivity index (χ0v) is 12.8. The first kappa shape index (κ1) is 15.7. The van der Waals surface area contributed by atoms with Gasteiger partial charge in [-0.1, -0.05) is 0 Å². The summed E-state index contributed by atoms with van der Waals surface area (Å²) >= 11 is 0. The molecule has 0 aromatic heterocycles. The molecule has 0 unspecified atom stereocenters. The summed E-state index contributed by atoms with van der Waals surface area (Å²) in [4.78, 5) is 16.6. The van der Waals surface area contributed by atoms with E-state index in [0.29, 0.717) is 12.3 Å². The fourth-order valence-electron chi connectivity index (χ4n) is 3.05. The van der Waals surface area contributed by atoms with Gasteiger partial charge >= 0.3 is 0 Å². The van der Waals surface area contributed by atoms with Gasteiger partial charge in [-0.25, -0.2) is 0 Å². The molecule has 5 nitrogen and oxygen atoms in total. The molecule has 0 aromatic rings. The summed E-state index contributed by atoms with van der Waals surface area (Å²) in [5, 5.41) is 3.09. The van der Waals surface area contributed by atoms with Crippen molar-refractivity contribution in [1.29, 1.82) is 0 Å². The first-order valence-corrected chi connectivity index (χ1v) is 8.02. The second-order valence-electron chi connectivity index (χ2n) is 5.94. The molecule has 5 heteroatoms. The molecule has 0 spiro atoms. The predicted molar refractivity (Wildman–Crippen MR) is 79.7 cm³/mol. The van der Waals surface area contributed by atoms with Gasteiger partial charge in [-0.3, -0.25) is 9.69 Å². The third kappa shape index (κ3) is 5.04. The average molecular weight is 283 g/mol. The zero-order valence-electron chi connectivity index (χ0n) is 12.8. The average Bonchev–Trinajstić information content (AvgIpc) is 2.49.